The lowest BCUT2D eigenvalue weighted by molar-refractivity contribution is 0.796. The molecule has 0 aliphatic heterocycles. The highest BCUT2D eigenvalue weighted by molar-refractivity contribution is 7.16. The standard InChI is InChI=1S/C8H11N5S/c9-4-3-6-12-13-7(5-1-2-5)10-11-8(13)14-6/h5H,1-4,9H2. The molecule has 2 heterocycles. The third-order valence-electron chi connectivity index (χ3n) is 2.36. The molecule has 0 unspecified atom stereocenters. The van der Waals surface area contributed by atoms with Crippen LogP contribution in [0, 0.1) is 0 Å². The predicted octanol–water partition coefficient (Wildman–Crippen LogP) is 0.564. The Hall–Kier alpha value is -1.01. The summed E-state index contributed by atoms with van der Waals surface area (Å²) in [7, 11) is 0. The van der Waals surface area contributed by atoms with Crippen molar-refractivity contribution in [1.82, 2.24) is 19.8 Å². The molecule has 1 fully saturated rings. The van der Waals surface area contributed by atoms with E-state index in [1.54, 1.807) is 11.3 Å². The molecule has 6 heteroatoms. The average Bonchev–Trinajstić information content (AvgIpc) is 2.80. The van der Waals surface area contributed by atoms with Crippen molar-refractivity contribution >= 4 is 16.3 Å². The Kier molecular flexibility index (Phi) is 1.78. The van der Waals surface area contributed by atoms with Gasteiger partial charge in [0.05, 0.1) is 0 Å². The molecule has 2 aromatic heterocycles. The number of nitrogens with zero attached hydrogens (tertiary/aromatic N) is 4. The van der Waals surface area contributed by atoms with Crippen LogP contribution in [0.5, 0.6) is 0 Å². The van der Waals surface area contributed by atoms with E-state index in [4.69, 9.17) is 5.73 Å². The Morgan fingerprint density at radius 1 is 1.43 bits per heavy atom. The summed E-state index contributed by atoms with van der Waals surface area (Å²) in [4.78, 5) is 0.898. The molecule has 1 saturated carbocycles. The maximum absolute atomic E-state index is 5.48. The van der Waals surface area contributed by atoms with Crippen molar-refractivity contribution in [1.29, 1.82) is 0 Å². The molecular weight excluding hydrogens is 198 g/mol. The van der Waals surface area contributed by atoms with Gasteiger partial charge in [0, 0.05) is 12.3 Å². The zero-order chi connectivity index (χ0) is 9.54. The van der Waals surface area contributed by atoms with E-state index < -0.39 is 0 Å². The Morgan fingerprint density at radius 2 is 2.29 bits per heavy atom. The minimum absolute atomic E-state index is 0.595. The molecule has 0 radical (unpaired) electrons. The number of rotatable bonds is 3. The first kappa shape index (κ1) is 8.31. The van der Waals surface area contributed by atoms with Crippen molar-refractivity contribution in [2.45, 2.75) is 25.2 Å². The molecular formula is C8H11N5S. The minimum atomic E-state index is 0.595. The fourth-order valence-corrected chi connectivity index (χ4v) is 2.35. The number of hydrogen-bond donors (Lipinski definition) is 1. The van der Waals surface area contributed by atoms with E-state index in [9.17, 15) is 0 Å². The van der Waals surface area contributed by atoms with Gasteiger partial charge in [-0.15, -0.1) is 10.2 Å². The predicted molar refractivity (Wildman–Crippen MR) is 53.4 cm³/mol. The van der Waals surface area contributed by atoms with Gasteiger partial charge in [0.2, 0.25) is 4.96 Å². The highest BCUT2D eigenvalue weighted by atomic mass is 32.1. The highest BCUT2D eigenvalue weighted by Gasteiger charge is 2.29. The van der Waals surface area contributed by atoms with Gasteiger partial charge in [-0.2, -0.15) is 9.61 Å². The molecule has 0 saturated heterocycles. The van der Waals surface area contributed by atoms with E-state index in [1.165, 1.54) is 12.8 Å². The molecule has 0 aromatic carbocycles. The van der Waals surface area contributed by atoms with Gasteiger partial charge < -0.3 is 5.73 Å². The summed E-state index contributed by atoms with van der Waals surface area (Å²) in [6.07, 6.45) is 3.28. The first-order valence-corrected chi connectivity index (χ1v) is 5.61. The van der Waals surface area contributed by atoms with Crippen molar-refractivity contribution < 1.29 is 0 Å². The summed E-state index contributed by atoms with van der Waals surface area (Å²) in [5.41, 5.74) is 5.48. The quantitative estimate of drug-likeness (QED) is 0.802. The largest absolute Gasteiger partial charge is 0.330 e. The van der Waals surface area contributed by atoms with Crippen LogP contribution < -0.4 is 5.73 Å². The molecule has 2 N–H and O–H groups in total. The van der Waals surface area contributed by atoms with E-state index in [-0.39, 0.29) is 0 Å². The van der Waals surface area contributed by atoms with Crippen LogP contribution in [0.4, 0.5) is 0 Å². The molecule has 0 amide bonds. The summed E-state index contributed by atoms with van der Waals surface area (Å²) >= 11 is 1.59. The summed E-state index contributed by atoms with van der Waals surface area (Å²) in [6, 6.07) is 0. The summed E-state index contributed by atoms with van der Waals surface area (Å²) < 4.78 is 1.88. The molecule has 0 atom stereocenters. The van der Waals surface area contributed by atoms with Gasteiger partial charge >= 0.3 is 0 Å². The molecule has 1 aliphatic carbocycles. The number of aromatic nitrogens is 4. The fourth-order valence-electron chi connectivity index (χ4n) is 1.49. The van der Waals surface area contributed by atoms with E-state index in [0.717, 1.165) is 22.2 Å². The Bertz CT molecular complexity index is 455. The lowest BCUT2D eigenvalue weighted by Gasteiger charge is -1.90. The minimum Gasteiger partial charge on any atom is -0.330 e. The molecule has 1 aliphatic rings. The van der Waals surface area contributed by atoms with Gasteiger partial charge in [-0.25, -0.2) is 0 Å². The van der Waals surface area contributed by atoms with Crippen molar-refractivity contribution in [3.8, 4) is 0 Å². The number of nitrogens with two attached hydrogens (primary N) is 1. The Morgan fingerprint density at radius 3 is 3.00 bits per heavy atom. The van der Waals surface area contributed by atoms with Crippen LogP contribution in [0.1, 0.15) is 29.6 Å². The average molecular weight is 209 g/mol. The van der Waals surface area contributed by atoms with Crippen LogP contribution in [-0.4, -0.2) is 26.4 Å². The highest BCUT2D eigenvalue weighted by Crippen LogP contribution is 2.39. The van der Waals surface area contributed by atoms with Crippen LogP contribution in [0.15, 0.2) is 0 Å². The van der Waals surface area contributed by atoms with Gasteiger partial charge in [-0.3, -0.25) is 0 Å². The van der Waals surface area contributed by atoms with Crippen molar-refractivity contribution in [3.63, 3.8) is 0 Å². The zero-order valence-electron chi connectivity index (χ0n) is 7.68. The van der Waals surface area contributed by atoms with E-state index in [0.29, 0.717) is 12.5 Å². The summed E-state index contributed by atoms with van der Waals surface area (Å²) in [5, 5.41) is 13.8. The Balaban J connectivity index is 2.05. The Labute approximate surface area is 84.9 Å². The second-order valence-electron chi connectivity index (χ2n) is 3.56. The van der Waals surface area contributed by atoms with Gasteiger partial charge in [0.1, 0.15) is 5.01 Å². The van der Waals surface area contributed by atoms with Crippen LogP contribution in [0.25, 0.3) is 4.96 Å². The van der Waals surface area contributed by atoms with Gasteiger partial charge in [-0.1, -0.05) is 11.3 Å². The monoisotopic (exact) mass is 209 g/mol. The van der Waals surface area contributed by atoms with Gasteiger partial charge in [0.25, 0.3) is 0 Å². The van der Waals surface area contributed by atoms with Crippen molar-refractivity contribution in [2.75, 3.05) is 6.54 Å². The fraction of sp³-hybridized carbons (Fsp3) is 0.625. The maximum atomic E-state index is 5.48. The molecule has 5 nitrogen and oxygen atoms in total. The van der Waals surface area contributed by atoms with Crippen LogP contribution in [0.2, 0.25) is 0 Å². The topological polar surface area (TPSA) is 69.1 Å². The maximum Gasteiger partial charge on any atom is 0.234 e. The smallest absolute Gasteiger partial charge is 0.234 e. The lowest BCUT2D eigenvalue weighted by Crippen LogP contribution is -2.03. The first-order chi connectivity index (χ1) is 6.88. The molecule has 14 heavy (non-hydrogen) atoms. The second kappa shape index (κ2) is 2.99. The second-order valence-corrected chi connectivity index (χ2v) is 4.60. The zero-order valence-corrected chi connectivity index (χ0v) is 8.50. The van der Waals surface area contributed by atoms with E-state index >= 15 is 0 Å². The molecule has 0 bridgehead atoms. The van der Waals surface area contributed by atoms with Gasteiger partial charge in [-0.05, 0) is 19.4 Å². The SMILES string of the molecule is NCCc1nn2c(C3CC3)nnc2s1. The summed E-state index contributed by atoms with van der Waals surface area (Å²) in [6.45, 7) is 0.642. The van der Waals surface area contributed by atoms with Gasteiger partial charge in [0.15, 0.2) is 5.82 Å². The third kappa shape index (κ3) is 1.22. The lowest BCUT2D eigenvalue weighted by atomic mass is 10.4. The van der Waals surface area contributed by atoms with Crippen molar-refractivity contribution in [3.05, 3.63) is 10.8 Å². The van der Waals surface area contributed by atoms with E-state index in [1.807, 2.05) is 4.52 Å². The first-order valence-electron chi connectivity index (χ1n) is 4.79. The molecule has 0 spiro atoms. The van der Waals surface area contributed by atoms with E-state index in [2.05, 4.69) is 15.3 Å². The normalized spacial score (nSPS) is 16.6. The van der Waals surface area contributed by atoms with Crippen LogP contribution in [0.3, 0.4) is 0 Å². The number of fused-ring (bicyclic) bond motifs is 1. The molecule has 2 aromatic rings. The third-order valence-corrected chi connectivity index (χ3v) is 3.32. The molecule has 3 rings (SSSR count). The van der Waals surface area contributed by atoms with Crippen LogP contribution in [-0.2, 0) is 6.42 Å². The summed E-state index contributed by atoms with van der Waals surface area (Å²) in [5.74, 6) is 1.62. The number of hydrogen-bond acceptors (Lipinski definition) is 5. The van der Waals surface area contributed by atoms with Crippen LogP contribution >= 0.6 is 11.3 Å². The molecule has 74 valence electrons. The van der Waals surface area contributed by atoms with Crippen molar-refractivity contribution in [2.24, 2.45) is 5.73 Å².